The Morgan fingerprint density at radius 2 is 1.92 bits per heavy atom. The van der Waals surface area contributed by atoms with Crippen LogP contribution in [-0.4, -0.2) is 11.2 Å². The standard InChI is InChI=1S/C8H7F4N/c1-5(8(10,11)12)7-3-2-6(9)4-13-7/h2-5H,1H3. The summed E-state index contributed by atoms with van der Waals surface area (Å²) in [4.78, 5) is 3.35. The molecule has 0 aliphatic heterocycles. The van der Waals surface area contributed by atoms with E-state index in [1.165, 1.54) is 0 Å². The lowest BCUT2D eigenvalue weighted by molar-refractivity contribution is -0.147. The summed E-state index contributed by atoms with van der Waals surface area (Å²) in [5.41, 5.74) is -0.172. The molecule has 0 aliphatic carbocycles. The molecule has 0 spiro atoms. The molecule has 1 rings (SSSR count). The molecule has 1 aromatic rings. The summed E-state index contributed by atoms with van der Waals surface area (Å²) in [6, 6.07) is 2.00. The summed E-state index contributed by atoms with van der Waals surface area (Å²) in [5, 5.41) is 0. The van der Waals surface area contributed by atoms with Gasteiger partial charge in [-0.25, -0.2) is 4.39 Å². The first kappa shape index (κ1) is 9.95. The van der Waals surface area contributed by atoms with E-state index in [0.29, 0.717) is 0 Å². The second-order valence-corrected chi connectivity index (χ2v) is 2.66. The molecule has 0 radical (unpaired) electrons. The van der Waals surface area contributed by atoms with E-state index < -0.39 is 17.9 Å². The number of hydrogen-bond donors (Lipinski definition) is 0. The Bertz CT molecular complexity index is 277. The third kappa shape index (κ3) is 2.40. The molecule has 0 fully saturated rings. The molecule has 0 aliphatic rings. The van der Waals surface area contributed by atoms with Crippen molar-refractivity contribution in [1.29, 1.82) is 0 Å². The van der Waals surface area contributed by atoms with E-state index in [1.807, 2.05) is 0 Å². The van der Waals surface area contributed by atoms with Crippen LogP contribution in [0.2, 0.25) is 0 Å². The van der Waals surface area contributed by atoms with Crippen molar-refractivity contribution in [2.24, 2.45) is 0 Å². The van der Waals surface area contributed by atoms with E-state index in [4.69, 9.17) is 0 Å². The third-order valence-corrected chi connectivity index (χ3v) is 1.68. The fourth-order valence-electron chi connectivity index (χ4n) is 0.811. The normalized spacial score (nSPS) is 14.2. The van der Waals surface area contributed by atoms with Crippen molar-refractivity contribution >= 4 is 0 Å². The van der Waals surface area contributed by atoms with Gasteiger partial charge in [-0.15, -0.1) is 0 Å². The monoisotopic (exact) mass is 193 g/mol. The lowest BCUT2D eigenvalue weighted by atomic mass is 10.1. The molecule has 5 heteroatoms. The first-order valence-corrected chi connectivity index (χ1v) is 3.59. The highest BCUT2D eigenvalue weighted by Crippen LogP contribution is 2.32. The Kier molecular flexibility index (Phi) is 2.54. The molecule has 0 saturated heterocycles. The molecule has 13 heavy (non-hydrogen) atoms. The van der Waals surface area contributed by atoms with E-state index in [2.05, 4.69) is 4.98 Å². The minimum Gasteiger partial charge on any atom is -0.258 e. The van der Waals surface area contributed by atoms with E-state index in [9.17, 15) is 17.6 Å². The first-order valence-electron chi connectivity index (χ1n) is 3.59. The Balaban J connectivity index is 2.90. The van der Waals surface area contributed by atoms with Crippen LogP contribution in [0.1, 0.15) is 18.5 Å². The Hall–Kier alpha value is -1.13. The topological polar surface area (TPSA) is 12.9 Å². The largest absolute Gasteiger partial charge is 0.396 e. The van der Waals surface area contributed by atoms with Gasteiger partial charge in [0.05, 0.1) is 17.8 Å². The molecule has 0 amide bonds. The van der Waals surface area contributed by atoms with Crippen LogP contribution in [0.25, 0.3) is 0 Å². The highest BCUT2D eigenvalue weighted by atomic mass is 19.4. The summed E-state index contributed by atoms with van der Waals surface area (Å²) in [6.45, 7) is 0.986. The molecule has 1 atom stereocenters. The fraction of sp³-hybridized carbons (Fsp3) is 0.375. The predicted octanol–water partition coefficient (Wildman–Crippen LogP) is 2.89. The highest BCUT2D eigenvalue weighted by Gasteiger charge is 2.37. The second kappa shape index (κ2) is 3.32. The maximum Gasteiger partial charge on any atom is 0.396 e. The summed E-state index contributed by atoms with van der Waals surface area (Å²) in [5.74, 6) is -2.30. The Labute approximate surface area is 72.4 Å². The van der Waals surface area contributed by atoms with Gasteiger partial charge in [-0.2, -0.15) is 13.2 Å². The zero-order chi connectivity index (χ0) is 10.1. The van der Waals surface area contributed by atoms with Crippen molar-refractivity contribution in [3.63, 3.8) is 0 Å². The van der Waals surface area contributed by atoms with Crippen molar-refractivity contribution in [2.75, 3.05) is 0 Å². The Morgan fingerprint density at radius 1 is 1.31 bits per heavy atom. The molecule has 1 unspecified atom stereocenters. The van der Waals surface area contributed by atoms with Gasteiger partial charge in [0, 0.05) is 0 Å². The summed E-state index contributed by atoms with van der Waals surface area (Å²) in [6.07, 6.45) is -3.55. The van der Waals surface area contributed by atoms with Crippen LogP contribution >= 0.6 is 0 Å². The molecule has 1 aromatic heterocycles. The lowest BCUT2D eigenvalue weighted by Crippen LogP contribution is -2.18. The molecular weight excluding hydrogens is 186 g/mol. The number of rotatable bonds is 1. The molecule has 1 heterocycles. The van der Waals surface area contributed by atoms with Crippen LogP contribution in [0.5, 0.6) is 0 Å². The van der Waals surface area contributed by atoms with Crippen molar-refractivity contribution in [1.82, 2.24) is 4.98 Å². The summed E-state index contributed by atoms with van der Waals surface area (Å²) < 4.78 is 48.6. The summed E-state index contributed by atoms with van der Waals surface area (Å²) >= 11 is 0. The summed E-state index contributed by atoms with van der Waals surface area (Å²) in [7, 11) is 0. The van der Waals surface area contributed by atoms with Gasteiger partial charge in [-0.3, -0.25) is 4.98 Å². The van der Waals surface area contributed by atoms with Gasteiger partial charge in [0.25, 0.3) is 0 Å². The van der Waals surface area contributed by atoms with Crippen LogP contribution < -0.4 is 0 Å². The van der Waals surface area contributed by atoms with Gasteiger partial charge in [0.1, 0.15) is 5.82 Å². The van der Waals surface area contributed by atoms with Gasteiger partial charge in [0.15, 0.2) is 0 Å². The lowest BCUT2D eigenvalue weighted by Gasteiger charge is -2.14. The van der Waals surface area contributed by atoms with Crippen LogP contribution in [0, 0.1) is 5.82 Å². The number of nitrogens with zero attached hydrogens (tertiary/aromatic N) is 1. The predicted molar refractivity (Wildman–Crippen MR) is 38.7 cm³/mol. The number of pyridine rings is 1. The minimum absolute atomic E-state index is 0.172. The second-order valence-electron chi connectivity index (χ2n) is 2.66. The number of alkyl halides is 3. The van der Waals surface area contributed by atoms with Gasteiger partial charge in [-0.05, 0) is 19.1 Å². The molecule has 0 aromatic carbocycles. The van der Waals surface area contributed by atoms with Crippen molar-refractivity contribution in [3.05, 3.63) is 29.8 Å². The zero-order valence-electron chi connectivity index (χ0n) is 6.77. The van der Waals surface area contributed by atoms with E-state index >= 15 is 0 Å². The van der Waals surface area contributed by atoms with Crippen LogP contribution in [-0.2, 0) is 0 Å². The average Bonchev–Trinajstić information content (AvgIpc) is 2.03. The minimum atomic E-state index is -4.33. The van der Waals surface area contributed by atoms with Crippen LogP contribution in [0.4, 0.5) is 17.6 Å². The van der Waals surface area contributed by atoms with E-state index in [0.717, 1.165) is 25.3 Å². The maximum atomic E-state index is 12.3. The highest BCUT2D eigenvalue weighted by molar-refractivity contribution is 5.11. The number of aromatic nitrogens is 1. The van der Waals surface area contributed by atoms with E-state index in [1.54, 1.807) is 0 Å². The van der Waals surface area contributed by atoms with Gasteiger partial charge >= 0.3 is 6.18 Å². The van der Waals surface area contributed by atoms with Crippen molar-refractivity contribution < 1.29 is 17.6 Å². The van der Waals surface area contributed by atoms with Crippen molar-refractivity contribution in [3.8, 4) is 0 Å². The smallest absolute Gasteiger partial charge is 0.258 e. The maximum absolute atomic E-state index is 12.3. The number of hydrogen-bond acceptors (Lipinski definition) is 1. The average molecular weight is 193 g/mol. The molecule has 0 bridgehead atoms. The first-order chi connectivity index (χ1) is 5.91. The molecule has 72 valence electrons. The molecule has 0 saturated carbocycles. The molecule has 0 N–H and O–H groups in total. The van der Waals surface area contributed by atoms with Crippen LogP contribution in [0.15, 0.2) is 18.3 Å². The fourth-order valence-corrected chi connectivity index (χ4v) is 0.811. The van der Waals surface area contributed by atoms with Gasteiger partial charge in [0.2, 0.25) is 0 Å². The Morgan fingerprint density at radius 3 is 2.31 bits per heavy atom. The van der Waals surface area contributed by atoms with Crippen LogP contribution in [0.3, 0.4) is 0 Å². The van der Waals surface area contributed by atoms with Gasteiger partial charge in [-0.1, -0.05) is 0 Å². The van der Waals surface area contributed by atoms with Gasteiger partial charge < -0.3 is 0 Å². The molecular formula is C8H7F4N. The zero-order valence-corrected chi connectivity index (χ0v) is 6.77. The SMILES string of the molecule is CC(c1ccc(F)cn1)C(F)(F)F. The molecule has 1 nitrogen and oxygen atoms in total. The van der Waals surface area contributed by atoms with Crippen molar-refractivity contribution in [2.45, 2.75) is 19.0 Å². The third-order valence-electron chi connectivity index (χ3n) is 1.68. The number of halogens is 4. The quantitative estimate of drug-likeness (QED) is 0.625. The van der Waals surface area contributed by atoms with E-state index in [-0.39, 0.29) is 5.69 Å².